The molecule has 0 saturated carbocycles. The molecule has 3 atom stereocenters. The summed E-state index contributed by atoms with van der Waals surface area (Å²) in [4.78, 5) is 62.4. The van der Waals surface area contributed by atoms with E-state index >= 15 is 0 Å². The Morgan fingerprint density at radius 1 is 1.09 bits per heavy atom. The molecule has 11 nitrogen and oxygen atoms in total. The summed E-state index contributed by atoms with van der Waals surface area (Å²) in [6.07, 6.45) is 1.27. The summed E-state index contributed by atoms with van der Waals surface area (Å²) < 4.78 is 0. The molecule has 6 N–H and O–H groups in total. The second-order valence-corrected chi connectivity index (χ2v) is 8.60. The van der Waals surface area contributed by atoms with E-state index in [1.807, 2.05) is 19.9 Å². The predicted molar refractivity (Wildman–Crippen MR) is 123 cm³/mol. The Morgan fingerprint density at radius 3 is 2.38 bits per heavy atom. The van der Waals surface area contributed by atoms with Crippen LogP contribution in [0.3, 0.4) is 0 Å². The zero-order valence-corrected chi connectivity index (χ0v) is 19.5. The minimum Gasteiger partial charge on any atom is -0.480 e. The van der Waals surface area contributed by atoms with Gasteiger partial charge < -0.3 is 31.7 Å². The number of nitrogens with zero attached hydrogens (tertiary/aromatic N) is 1. The molecule has 1 saturated heterocycles. The third-order valence-corrected chi connectivity index (χ3v) is 5.61. The summed E-state index contributed by atoms with van der Waals surface area (Å²) >= 11 is 0. The van der Waals surface area contributed by atoms with Gasteiger partial charge in [0.15, 0.2) is 0 Å². The minimum absolute atomic E-state index is 0.0728. The van der Waals surface area contributed by atoms with Gasteiger partial charge in [-0.3, -0.25) is 24.0 Å². The lowest BCUT2D eigenvalue weighted by molar-refractivity contribution is -0.140. The summed E-state index contributed by atoms with van der Waals surface area (Å²) in [7, 11) is 0. The number of hydrogen-bond acceptors (Lipinski definition) is 6. The van der Waals surface area contributed by atoms with Crippen molar-refractivity contribution in [3.63, 3.8) is 0 Å². The summed E-state index contributed by atoms with van der Waals surface area (Å²) in [5.41, 5.74) is 6.72. The highest BCUT2D eigenvalue weighted by Crippen LogP contribution is 2.19. The lowest BCUT2D eigenvalue weighted by Gasteiger charge is -2.28. The normalized spacial score (nSPS) is 17.1. The van der Waals surface area contributed by atoms with E-state index in [1.165, 1.54) is 4.90 Å². The van der Waals surface area contributed by atoms with Crippen LogP contribution in [0.2, 0.25) is 0 Å². The van der Waals surface area contributed by atoms with Crippen LogP contribution in [0.4, 0.5) is 0 Å². The number of amides is 4. The molecule has 1 heterocycles. The van der Waals surface area contributed by atoms with Crippen LogP contribution in [0.25, 0.3) is 0 Å². The summed E-state index contributed by atoms with van der Waals surface area (Å²) in [5.74, 6) is -3.31. The Hall–Kier alpha value is -3.47. The van der Waals surface area contributed by atoms with Crippen LogP contribution in [-0.2, 0) is 30.4 Å². The molecule has 1 aromatic carbocycles. The third kappa shape index (κ3) is 7.84. The molecular weight excluding hydrogens is 442 g/mol. The molecule has 11 heteroatoms. The Morgan fingerprint density at radius 2 is 1.76 bits per heavy atom. The number of carboxylic acids is 1. The molecule has 0 aliphatic carbocycles. The van der Waals surface area contributed by atoms with E-state index in [2.05, 4.69) is 16.0 Å². The van der Waals surface area contributed by atoms with Crippen molar-refractivity contribution < 1.29 is 29.1 Å². The van der Waals surface area contributed by atoms with E-state index in [4.69, 9.17) is 10.8 Å². The van der Waals surface area contributed by atoms with E-state index in [-0.39, 0.29) is 18.2 Å². The van der Waals surface area contributed by atoms with Gasteiger partial charge in [-0.05, 0) is 24.3 Å². The molecule has 0 bridgehead atoms. The molecule has 0 unspecified atom stereocenters. The van der Waals surface area contributed by atoms with E-state index in [0.717, 1.165) is 5.56 Å². The molecule has 4 amide bonds. The highest BCUT2D eigenvalue weighted by Gasteiger charge is 2.37. The van der Waals surface area contributed by atoms with Crippen LogP contribution in [0.5, 0.6) is 0 Å². The van der Waals surface area contributed by atoms with Crippen molar-refractivity contribution in [2.24, 2.45) is 11.7 Å². The molecule has 1 aromatic rings. The molecule has 2 rings (SSSR count). The van der Waals surface area contributed by atoms with Gasteiger partial charge >= 0.3 is 5.97 Å². The number of rotatable bonds is 11. The van der Waals surface area contributed by atoms with Crippen LogP contribution >= 0.6 is 0 Å². The number of carbonyl (C=O) groups excluding carboxylic acids is 4. The molecule has 1 aliphatic rings. The van der Waals surface area contributed by atoms with Gasteiger partial charge in [0.2, 0.25) is 23.6 Å². The lowest BCUT2D eigenvalue weighted by atomic mass is 10.0. The van der Waals surface area contributed by atoms with Crippen molar-refractivity contribution in [1.82, 2.24) is 20.9 Å². The summed E-state index contributed by atoms with van der Waals surface area (Å²) in [5, 5.41) is 16.1. The van der Waals surface area contributed by atoms with E-state index in [1.54, 1.807) is 24.3 Å². The predicted octanol–water partition coefficient (Wildman–Crippen LogP) is -0.995. The maximum absolute atomic E-state index is 12.7. The fourth-order valence-electron chi connectivity index (χ4n) is 3.66. The number of nitrogens with one attached hydrogen (secondary N) is 3. The summed E-state index contributed by atoms with van der Waals surface area (Å²) in [6, 6.07) is 6.48. The SMILES string of the molecule is CC(C)[C@H](N)C(=O)N1CCC[C@H]1C(=O)NCC(=O)N[C@@H](Cc1ccccc1)C(=O)NCC(=O)O. The van der Waals surface area contributed by atoms with Gasteiger partial charge in [0.05, 0.1) is 12.6 Å². The second-order valence-electron chi connectivity index (χ2n) is 8.60. The lowest BCUT2D eigenvalue weighted by Crippen LogP contribution is -2.54. The Labute approximate surface area is 198 Å². The number of benzene rings is 1. The van der Waals surface area contributed by atoms with Gasteiger partial charge in [0.1, 0.15) is 18.6 Å². The van der Waals surface area contributed by atoms with Crippen molar-refractivity contribution in [1.29, 1.82) is 0 Å². The number of carbonyl (C=O) groups is 5. The zero-order valence-electron chi connectivity index (χ0n) is 19.5. The minimum atomic E-state index is -1.21. The van der Waals surface area contributed by atoms with Gasteiger partial charge in [-0.2, -0.15) is 0 Å². The average Bonchev–Trinajstić information content (AvgIpc) is 3.30. The van der Waals surface area contributed by atoms with Gasteiger partial charge in [-0.1, -0.05) is 44.2 Å². The first-order valence-electron chi connectivity index (χ1n) is 11.3. The third-order valence-electron chi connectivity index (χ3n) is 5.61. The van der Waals surface area contributed by atoms with Crippen molar-refractivity contribution in [2.75, 3.05) is 19.6 Å². The smallest absolute Gasteiger partial charge is 0.322 e. The maximum atomic E-state index is 12.7. The van der Waals surface area contributed by atoms with Crippen molar-refractivity contribution in [2.45, 2.75) is 51.2 Å². The van der Waals surface area contributed by atoms with Crippen LogP contribution in [0, 0.1) is 5.92 Å². The average molecular weight is 476 g/mol. The first-order chi connectivity index (χ1) is 16.1. The highest BCUT2D eigenvalue weighted by molar-refractivity contribution is 5.94. The molecule has 0 radical (unpaired) electrons. The topological polar surface area (TPSA) is 171 Å². The highest BCUT2D eigenvalue weighted by atomic mass is 16.4. The largest absolute Gasteiger partial charge is 0.480 e. The van der Waals surface area contributed by atoms with Crippen LogP contribution < -0.4 is 21.7 Å². The van der Waals surface area contributed by atoms with Gasteiger partial charge in [0.25, 0.3) is 0 Å². The van der Waals surface area contributed by atoms with Gasteiger partial charge in [0, 0.05) is 13.0 Å². The second kappa shape index (κ2) is 12.7. The van der Waals surface area contributed by atoms with E-state index in [9.17, 15) is 24.0 Å². The molecular formula is C23H33N5O6. The standard InChI is InChI=1S/C23H33N5O6/c1-14(2)20(24)23(34)28-10-6-9-17(28)22(33)25-12-18(29)27-16(21(32)26-13-19(30)31)11-15-7-4-3-5-8-15/h3-5,7-8,14,16-17,20H,6,9-13,24H2,1-2H3,(H,25,33)(H,26,32)(H,27,29)(H,30,31)/t16-,17-,20-/m0/s1. The first kappa shape index (κ1) is 26.8. The van der Waals surface area contributed by atoms with Crippen molar-refractivity contribution in [3.8, 4) is 0 Å². The molecule has 34 heavy (non-hydrogen) atoms. The fraction of sp³-hybridized carbons (Fsp3) is 0.522. The number of hydrogen-bond donors (Lipinski definition) is 5. The van der Waals surface area contributed by atoms with Gasteiger partial charge in [-0.25, -0.2) is 0 Å². The number of aliphatic carboxylic acids is 1. The molecule has 0 aromatic heterocycles. The van der Waals surface area contributed by atoms with Crippen LogP contribution in [0.1, 0.15) is 32.3 Å². The quantitative estimate of drug-likeness (QED) is 0.273. The maximum Gasteiger partial charge on any atom is 0.322 e. The van der Waals surface area contributed by atoms with Crippen molar-refractivity contribution >= 4 is 29.6 Å². The monoisotopic (exact) mass is 475 g/mol. The Kier molecular flexibility index (Phi) is 9.99. The Balaban J connectivity index is 1.96. The van der Waals surface area contributed by atoms with E-state index in [0.29, 0.717) is 19.4 Å². The molecule has 1 fully saturated rings. The van der Waals surface area contributed by atoms with E-state index < -0.39 is 54.9 Å². The van der Waals surface area contributed by atoms with Crippen LogP contribution in [0.15, 0.2) is 30.3 Å². The Bertz CT molecular complexity index is 891. The number of carboxylic acid groups (broad SMARTS) is 1. The van der Waals surface area contributed by atoms with Crippen molar-refractivity contribution in [3.05, 3.63) is 35.9 Å². The molecule has 0 spiro atoms. The first-order valence-corrected chi connectivity index (χ1v) is 11.3. The number of nitrogens with two attached hydrogens (primary N) is 1. The molecule has 1 aliphatic heterocycles. The van der Waals surface area contributed by atoms with Gasteiger partial charge in [-0.15, -0.1) is 0 Å². The summed E-state index contributed by atoms with van der Waals surface area (Å²) in [6.45, 7) is 3.10. The fourth-order valence-corrected chi connectivity index (χ4v) is 3.66. The number of likely N-dealkylation sites (tertiary alicyclic amines) is 1. The zero-order chi connectivity index (χ0) is 25.3. The van der Waals surface area contributed by atoms with Crippen LogP contribution in [-0.4, -0.2) is 77.4 Å². The molecule has 186 valence electrons.